The maximum Gasteiger partial charge on any atom is 0.331 e. The Morgan fingerprint density at radius 3 is 2.62 bits per heavy atom. The van der Waals surface area contributed by atoms with Crippen LogP contribution in [0.1, 0.15) is 17.3 Å². The van der Waals surface area contributed by atoms with E-state index in [1.807, 2.05) is 0 Å². The van der Waals surface area contributed by atoms with Crippen molar-refractivity contribution >= 4 is 33.4 Å². The second-order valence-corrected chi connectivity index (χ2v) is 7.02. The predicted molar refractivity (Wildman–Crippen MR) is 78.7 cm³/mol. The van der Waals surface area contributed by atoms with Crippen LogP contribution < -0.4 is 15.4 Å². The molecular formula is C11H17N3O5S2. The van der Waals surface area contributed by atoms with Gasteiger partial charge in [0.05, 0.1) is 6.26 Å². The number of hydrogen-bond acceptors (Lipinski definition) is 5. The summed E-state index contributed by atoms with van der Waals surface area (Å²) in [4.78, 5) is 23.2. The van der Waals surface area contributed by atoms with Gasteiger partial charge in [-0.1, -0.05) is 6.07 Å². The summed E-state index contributed by atoms with van der Waals surface area (Å²) in [6.07, 6.45) is 1.45. The first-order valence-electron chi connectivity index (χ1n) is 6.05. The Morgan fingerprint density at radius 1 is 1.38 bits per heavy atom. The van der Waals surface area contributed by atoms with Crippen molar-refractivity contribution in [2.75, 3.05) is 19.3 Å². The fourth-order valence-corrected chi connectivity index (χ4v) is 2.72. The molecule has 21 heavy (non-hydrogen) atoms. The van der Waals surface area contributed by atoms with Crippen molar-refractivity contribution in [3.05, 3.63) is 22.4 Å². The second kappa shape index (κ2) is 7.96. The number of carbonyl (C=O) groups excluding carboxylic acids is 1. The molecule has 10 heteroatoms. The molecule has 4 N–H and O–H groups in total. The Hall–Kier alpha value is -1.65. The Kier molecular flexibility index (Phi) is 6.59. The molecule has 0 spiro atoms. The van der Waals surface area contributed by atoms with Crippen LogP contribution in [0.3, 0.4) is 0 Å². The van der Waals surface area contributed by atoms with Gasteiger partial charge in [-0.2, -0.15) is 0 Å². The van der Waals surface area contributed by atoms with Crippen molar-refractivity contribution in [3.8, 4) is 0 Å². The standard InChI is InChI=1S/C11H17N3O5S2/c1-21(18,19)13-6-3-5-12-11(17)14-9(10(15)16)8-4-2-7-20-8/h2,4,7,9,13H,3,5-6H2,1H3,(H,15,16)(H2,12,14,17). The maximum absolute atomic E-state index is 11.6. The molecule has 1 unspecified atom stereocenters. The molecule has 0 radical (unpaired) electrons. The molecule has 0 fully saturated rings. The molecule has 0 aromatic carbocycles. The minimum atomic E-state index is -3.24. The highest BCUT2D eigenvalue weighted by molar-refractivity contribution is 7.88. The minimum Gasteiger partial charge on any atom is -0.479 e. The van der Waals surface area contributed by atoms with E-state index in [9.17, 15) is 18.0 Å². The van der Waals surface area contributed by atoms with Gasteiger partial charge in [-0.05, 0) is 17.9 Å². The Labute approximate surface area is 126 Å². The van der Waals surface area contributed by atoms with E-state index >= 15 is 0 Å². The first kappa shape index (κ1) is 17.4. The van der Waals surface area contributed by atoms with E-state index in [-0.39, 0.29) is 13.1 Å². The molecule has 0 bridgehead atoms. The number of amides is 2. The van der Waals surface area contributed by atoms with Gasteiger partial charge in [-0.25, -0.2) is 22.7 Å². The number of carbonyl (C=O) groups is 2. The first-order valence-corrected chi connectivity index (χ1v) is 8.82. The molecular weight excluding hydrogens is 318 g/mol. The molecule has 2 amide bonds. The lowest BCUT2D eigenvalue weighted by molar-refractivity contribution is -0.139. The predicted octanol–water partition coefficient (Wildman–Crippen LogP) is 0.112. The second-order valence-electron chi connectivity index (χ2n) is 4.21. The van der Waals surface area contributed by atoms with Gasteiger partial charge in [0, 0.05) is 18.0 Å². The van der Waals surface area contributed by atoms with Crippen molar-refractivity contribution in [2.45, 2.75) is 12.5 Å². The van der Waals surface area contributed by atoms with Gasteiger partial charge in [-0.3, -0.25) is 0 Å². The van der Waals surface area contributed by atoms with Gasteiger partial charge in [0.2, 0.25) is 10.0 Å². The number of aliphatic carboxylic acids is 1. The average Bonchev–Trinajstić information content (AvgIpc) is 2.87. The molecule has 1 aromatic rings. The number of sulfonamides is 1. The van der Waals surface area contributed by atoms with Crippen LogP contribution in [0.5, 0.6) is 0 Å². The number of thiophene rings is 1. The normalized spacial score (nSPS) is 12.6. The number of carboxylic acid groups (broad SMARTS) is 1. The van der Waals surface area contributed by atoms with Gasteiger partial charge in [-0.15, -0.1) is 11.3 Å². The highest BCUT2D eigenvalue weighted by atomic mass is 32.2. The number of hydrogen-bond donors (Lipinski definition) is 4. The zero-order valence-corrected chi connectivity index (χ0v) is 13.0. The van der Waals surface area contributed by atoms with Gasteiger partial charge in [0.1, 0.15) is 0 Å². The third-order valence-corrected chi connectivity index (χ3v) is 4.02. The van der Waals surface area contributed by atoms with E-state index in [0.717, 1.165) is 6.26 Å². The molecule has 8 nitrogen and oxygen atoms in total. The summed E-state index contributed by atoms with van der Waals surface area (Å²) >= 11 is 1.24. The summed E-state index contributed by atoms with van der Waals surface area (Å²) in [5.41, 5.74) is 0. The molecule has 0 aliphatic carbocycles. The van der Waals surface area contributed by atoms with Crippen molar-refractivity contribution in [3.63, 3.8) is 0 Å². The smallest absolute Gasteiger partial charge is 0.331 e. The number of carboxylic acids is 1. The molecule has 0 saturated carbocycles. The Balaban J connectivity index is 2.34. The molecule has 1 atom stereocenters. The summed E-state index contributed by atoms with van der Waals surface area (Å²) in [7, 11) is -3.24. The van der Waals surface area contributed by atoms with Crippen molar-refractivity contribution < 1.29 is 23.1 Å². The van der Waals surface area contributed by atoms with Crippen LogP contribution in [0.4, 0.5) is 4.79 Å². The fourth-order valence-electron chi connectivity index (χ4n) is 1.44. The van der Waals surface area contributed by atoms with Gasteiger partial charge >= 0.3 is 12.0 Å². The molecule has 1 aromatic heterocycles. The van der Waals surface area contributed by atoms with Crippen molar-refractivity contribution in [2.24, 2.45) is 0 Å². The molecule has 1 rings (SSSR count). The maximum atomic E-state index is 11.6. The number of urea groups is 1. The molecule has 0 aliphatic rings. The van der Waals surface area contributed by atoms with E-state index in [4.69, 9.17) is 5.11 Å². The molecule has 0 saturated heterocycles. The van der Waals surface area contributed by atoms with E-state index < -0.39 is 28.1 Å². The largest absolute Gasteiger partial charge is 0.479 e. The van der Waals surface area contributed by atoms with Crippen molar-refractivity contribution in [1.29, 1.82) is 0 Å². The van der Waals surface area contributed by atoms with Gasteiger partial charge in [0.15, 0.2) is 6.04 Å². The van der Waals surface area contributed by atoms with Gasteiger partial charge < -0.3 is 15.7 Å². The monoisotopic (exact) mass is 335 g/mol. The third-order valence-electron chi connectivity index (χ3n) is 2.35. The van der Waals surface area contributed by atoms with Crippen LogP contribution in [0.2, 0.25) is 0 Å². The molecule has 1 heterocycles. The minimum absolute atomic E-state index is 0.201. The number of nitrogens with one attached hydrogen (secondary N) is 3. The van der Waals surface area contributed by atoms with E-state index in [0.29, 0.717) is 11.3 Å². The molecule has 0 aliphatic heterocycles. The Bertz CT molecular complexity index is 571. The zero-order chi connectivity index (χ0) is 15.9. The fraction of sp³-hybridized carbons (Fsp3) is 0.455. The first-order chi connectivity index (χ1) is 9.79. The average molecular weight is 335 g/mol. The number of rotatable bonds is 8. The van der Waals surface area contributed by atoms with E-state index in [1.54, 1.807) is 17.5 Å². The highest BCUT2D eigenvalue weighted by Crippen LogP contribution is 2.18. The summed E-state index contributed by atoms with van der Waals surface area (Å²) in [6.45, 7) is 0.428. The van der Waals surface area contributed by atoms with Crippen LogP contribution in [0.15, 0.2) is 17.5 Å². The highest BCUT2D eigenvalue weighted by Gasteiger charge is 2.22. The van der Waals surface area contributed by atoms with Crippen LogP contribution in [0, 0.1) is 0 Å². The lowest BCUT2D eigenvalue weighted by Gasteiger charge is -2.13. The quantitative estimate of drug-likeness (QED) is 0.502. The lowest BCUT2D eigenvalue weighted by Crippen LogP contribution is -2.41. The SMILES string of the molecule is CS(=O)(=O)NCCCNC(=O)NC(C(=O)O)c1cccs1. The van der Waals surface area contributed by atoms with Crippen LogP contribution >= 0.6 is 11.3 Å². The van der Waals surface area contributed by atoms with E-state index in [2.05, 4.69) is 15.4 Å². The lowest BCUT2D eigenvalue weighted by atomic mass is 10.2. The van der Waals surface area contributed by atoms with Crippen LogP contribution in [0.25, 0.3) is 0 Å². The van der Waals surface area contributed by atoms with Gasteiger partial charge in [0.25, 0.3) is 0 Å². The van der Waals surface area contributed by atoms with Crippen LogP contribution in [-0.2, 0) is 14.8 Å². The van der Waals surface area contributed by atoms with E-state index in [1.165, 1.54) is 11.3 Å². The Morgan fingerprint density at radius 2 is 2.10 bits per heavy atom. The summed E-state index contributed by atoms with van der Waals surface area (Å²) in [6, 6.07) is 1.61. The summed E-state index contributed by atoms with van der Waals surface area (Å²) < 4.78 is 23.9. The van der Waals surface area contributed by atoms with Crippen LogP contribution in [-0.4, -0.2) is 44.9 Å². The van der Waals surface area contributed by atoms with Crippen molar-refractivity contribution in [1.82, 2.24) is 15.4 Å². The topological polar surface area (TPSA) is 125 Å². The third kappa shape index (κ3) is 7.06. The zero-order valence-electron chi connectivity index (χ0n) is 11.3. The summed E-state index contributed by atoms with van der Waals surface area (Å²) in [5, 5.41) is 15.6. The summed E-state index contributed by atoms with van der Waals surface area (Å²) in [5.74, 6) is -1.15. The molecule has 118 valence electrons.